The Kier molecular flexibility index (Phi) is 5.02. The molecule has 0 radical (unpaired) electrons. The van der Waals surface area contributed by atoms with Crippen molar-refractivity contribution in [1.82, 2.24) is 0 Å². The van der Waals surface area contributed by atoms with Gasteiger partial charge >= 0.3 is 0 Å². The fourth-order valence-corrected chi connectivity index (χ4v) is 2.85. The summed E-state index contributed by atoms with van der Waals surface area (Å²) in [6.07, 6.45) is 0. The number of hydrogen-bond acceptors (Lipinski definition) is 2. The van der Waals surface area contributed by atoms with Crippen LogP contribution in [0.5, 0.6) is 11.5 Å². The highest BCUT2D eigenvalue weighted by molar-refractivity contribution is 6.34. The van der Waals surface area contributed by atoms with Gasteiger partial charge in [0.25, 0.3) is 0 Å². The Hall–Kier alpha value is -1.38. The number of ether oxygens (including phenoxy) is 2. The molecule has 1 unspecified atom stereocenters. The van der Waals surface area contributed by atoms with Crippen molar-refractivity contribution in [2.45, 2.75) is 19.2 Å². The number of halogens is 2. The quantitative estimate of drug-likeness (QED) is 0.710. The minimum atomic E-state index is -0.331. The molecule has 0 aliphatic heterocycles. The molecule has 0 N–H and O–H groups in total. The van der Waals surface area contributed by atoms with E-state index in [2.05, 4.69) is 26.0 Å². The lowest BCUT2D eigenvalue weighted by Gasteiger charge is -2.18. The molecule has 0 aromatic heterocycles. The van der Waals surface area contributed by atoms with Gasteiger partial charge in [0, 0.05) is 5.56 Å². The largest absolute Gasteiger partial charge is 0.495 e. The van der Waals surface area contributed by atoms with Gasteiger partial charge in [0.1, 0.15) is 16.5 Å². The van der Waals surface area contributed by atoms with Crippen LogP contribution >= 0.6 is 23.2 Å². The zero-order valence-corrected chi connectivity index (χ0v) is 14.0. The van der Waals surface area contributed by atoms with Crippen LogP contribution in [0.25, 0.3) is 0 Å². The van der Waals surface area contributed by atoms with Crippen molar-refractivity contribution in [2.75, 3.05) is 14.2 Å². The van der Waals surface area contributed by atoms with Gasteiger partial charge in [0.15, 0.2) is 0 Å². The van der Waals surface area contributed by atoms with E-state index in [4.69, 9.17) is 32.7 Å². The molecule has 2 rings (SSSR count). The summed E-state index contributed by atoms with van der Waals surface area (Å²) in [5.41, 5.74) is 4.28. The molecule has 0 saturated carbocycles. The van der Waals surface area contributed by atoms with E-state index in [9.17, 15) is 0 Å². The second-order valence-corrected chi connectivity index (χ2v) is 5.72. The van der Waals surface area contributed by atoms with Gasteiger partial charge in [-0.15, -0.1) is 11.6 Å². The predicted molar refractivity (Wildman–Crippen MR) is 88.2 cm³/mol. The maximum atomic E-state index is 6.63. The lowest BCUT2D eigenvalue weighted by molar-refractivity contribution is 0.392. The maximum Gasteiger partial charge on any atom is 0.146 e. The van der Waals surface area contributed by atoms with Crippen LogP contribution in [0.4, 0.5) is 0 Å². The first kappa shape index (κ1) is 16.0. The Labute approximate surface area is 135 Å². The first-order valence-corrected chi connectivity index (χ1v) is 7.42. The SMILES string of the molecule is COc1ccc(C(Cl)c2ccc(C)c(C)c2)c(OC)c1Cl. The maximum absolute atomic E-state index is 6.63. The summed E-state index contributed by atoms with van der Waals surface area (Å²) >= 11 is 12.9. The second-order valence-electron chi connectivity index (χ2n) is 4.91. The van der Waals surface area contributed by atoms with Crippen molar-refractivity contribution < 1.29 is 9.47 Å². The van der Waals surface area contributed by atoms with Gasteiger partial charge in [-0.3, -0.25) is 0 Å². The zero-order valence-electron chi connectivity index (χ0n) is 12.5. The fraction of sp³-hybridized carbons (Fsp3) is 0.294. The highest BCUT2D eigenvalue weighted by Gasteiger charge is 2.20. The van der Waals surface area contributed by atoms with E-state index in [1.807, 2.05) is 12.1 Å². The number of alkyl halides is 1. The normalized spacial score (nSPS) is 12.1. The first-order valence-electron chi connectivity index (χ1n) is 6.61. The number of aryl methyl sites for hydroxylation is 2. The van der Waals surface area contributed by atoms with Crippen LogP contribution in [0.3, 0.4) is 0 Å². The highest BCUT2D eigenvalue weighted by atomic mass is 35.5. The molecule has 4 heteroatoms. The van der Waals surface area contributed by atoms with E-state index in [1.54, 1.807) is 20.3 Å². The van der Waals surface area contributed by atoms with Gasteiger partial charge in [-0.2, -0.15) is 0 Å². The number of methoxy groups -OCH3 is 2. The van der Waals surface area contributed by atoms with Gasteiger partial charge in [-0.05, 0) is 42.7 Å². The molecule has 0 bridgehead atoms. The minimum Gasteiger partial charge on any atom is -0.495 e. The van der Waals surface area contributed by atoms with E-state index < -0.39 is 0 Å². The van der Waals surface area contributed by atoms with Crippen LogP contribution in [0.15, 0.2) is 30.3 Å². The average Bonchev–Trinajstić information content (AvgIpc) is 2.49. The van der Waals surface area contributed by atoms with E-state index in [0.29, 0.717) is 16.5 Å². The standard InChI is InChI=1S/C17H18Cl2O2/c1-10-5-6-12(9-11(10)2)15(18)13-7-8-14(20-3)16(19)17(13)21-4/h5-9,15H,1-4H3. The van der Waals surface area contributed by atoms with Crippen LogP contribution < -0.4 is 9.47 Å². The molecule has 0 saturated heterocycles. The highest BCUT2D eigenvalue weighted by Crippen LogP contribution is 2.43. The van der Waals surface area contributed by atoms with E-state index >= 15 is 0 Å². The molecule has 0 fully saturated rings. The average molecular weight is 325 g/mol. The predicted octanol–water partition coefficient (Wildman–Crippen LogP) is 5.30. The number of benzene rings is 2. The zero-order chi connectivity index (χ0) is 15.6. The van der Waals surface area contributed by atoms with Gasteiger partial charge in [-0.1, -0.05) is 29.8 Å². The van der Waals surface area contributed by atoms with Crippen molar-refractivity contribution >= 4 is 23.2 Å². The minimum absolute atomic E-state index is 0.331. The lowest BCUT2D eigenvalue weighted by Crippen LogP contribution is -2.00. The summed E-state index contributed by atoms with van der Waals surface area (Å²) < 4.78 is 10.6. The number of hydrogen-bond donors (Lipinski definition) is 0. The van der Waals surface area contributed by atoms with Crippen LogP contribution in [-0.4, -0.2) is 14.2 Å². The van der Waals surface area contributed by atoms with Crippen molar-refractivity contribution in [3.8, 4) is 11.5 Å². The molecular formula is C17H18Cl2O2. The van der Waals surface area contributed by atoms with Gasteiger partial charge < -0.3 is 9.47 Å². The Morgan fingerprint density at radius 3 is 2.24 bits per heavy atom. The molecular weight excluding hydrogens is 307 g/mol. The van der Waals surface area contributed by atoms with Crippen LogP contribution in [-0.2, 0) is 0 Å². The Morgan fingerprint density at radius 1 is 0.952 bits per heavy atom. The third kappa shape index (κ3) is 3.12. The van der Waals surface area contributed by atoms with Gasteiger partial charge in [-0.25, -0.2) is 0 Å². The summed E-state index contributed by atoms with van der Waals surface area (Å²) in [5, 5.41) is 0.106. The second kappa shape index (κ2) is 6.59. The fourth-order valence-electron chi connectivity index (χ4n) is 2.22. The Morgan fingerprint density at radius 2 is 1.67 bits per heavy atom. The summed E-state index contributed by atoms with van der Waals surface area (Å²) in [6, 6.07) is 9.87. The first-order chi connectivity index (χ1) is 9.99. The van der Waals surface area contributed by atoms with Crippen molar-refractivity contribution in [3.05, 3.63) is 57.6 Å². The molecule has 2 aromatic carbocycles. The summed E-state index contributed by atoms with van der Waals surface area (Å²) in [7, 11) is 3.15. The van der Waals surface area contributed by atoms with Gasteiger partial charge in [0.2, 0.25) is 0 Å². The molecule has 0 aliphatic rings. The van der Waals surface area contributed by atoms with Crippen molar-refractivity contribution in [1.29, 1.82) is 0 Å². The Balaban J connectivity index is 2.50. The molecule has 21 heavy (non-hydrogen) atoms. The summed E-state index contributed by atoms with van der Waals surface area (Å²) in [5.74, 6) is 1.12. The van der Waals surface area contributed by atoms with Crippen LogP contribution in [0.2, 0.25) is 5.02 Å². The summed E-state index contributed by atoms with van der Waals surface area (Å²) in [4.78, 5) is 0. The monoisotopic (exact) mass is 324 g/mol. The molecule has 2 nitrogen and oxygen atoms in total. The van der Waals surface area contributed by atoms with E-state index in [-0.39, 0.29) is 5.38 Å². The molecule has 2 aromatic rings. The van der Waals surface area contributed by atoms with Crippen LogP contribution in [0.1, 0.15) is 27.6 Å². The Bertz CT molecular complexity index is 653. The van der Waals surface area contributed by atoms with Crippen molar-refractivity contribution in [2.24, 2.45) is 0 Å². The third-order valence-electron chi connectivity index (χ3n) is 3.61. The topological polar surface area (TPSA) is 18.5 Å². The summed E-state index contributed by atoms with van der Waals surface area (Å²) in [6.45, 7) is 4.15. The lowest BCUT2D eigenvalue weighted by atomic mass is 9.99. The third-order valence-corrected chi connectivity index (χ3v) is 4.46. The molecule has 112 valence electrons. The van der Waals surface area contributed by atoms with Crippen molar-refractivity contribution in [3.63, 3.8) is 0 Å². The van der Waals surface area contributed by atoms with Gasteiger partial charge in [0.05, 0.1) is 19.6 Å². The van der Waals surface area contributed by atoms with Crippen LogP contribution in [0, 0.1) is 13.8 Å². The molecule has 0 heterocycles. The molecule has 1 atom stereocenters. The van der Waals surface area contributed by atoms with E-state index in [1.165, 1.54) is 11.1 Å². The smallest absolute Gasteiger partial charge is 0.146 e. The molecule has 0 aliphatic carbocycles. The molecule has 0 amide bonds. The van der Waals surface area contributed by atoms with E-state index in [0.717, 1.165) is 11.1 Å². The molecule has 0 spiro atoms. The number of rotatable bonds is 4.